The lowest BCUT2D eigenvalue weighted by Gasteiger charge is -2.19. The lowest BCUT2D eigenvalue weighted by molar-refractivity contribution is -0.124. The third kappa shape index (κ3) is 3.26. The third-order valence-corrected chi connectivity index (χ3v) is 3.13. The van der Waals surface area contributed by atoms with Gasteiger partial charge in [-0.25, -0.2) is 9.67 Å². The number of carbonyl (C=O) groups excluding carboxylic acids is 1. The molecule has 2 heterocycles. The molecule has 2 unspecified atom stereocenters. The second-order valence-electron chi connectivity index (χ2n) is 4.44. The van der Waals surface area contributed by atoms with Crippen LogP contribution in [-0.4, -0.2) is 39.8 Å². The maximum Gasteiger partial charge on any atom is 0.244 e. The highest BCUT2D eigenvalue weighted by atomic mass is 16.2. The van der Waals surface area contributed by atoms with E-state index in [2.05, 4.69) is 20.7 Å². The molecule has 17 heavy (non-hydrogen) atoms. The van der Waals surface area contributed by atoms with Crippen molar-refractivity contribution in [2.75, 3.05) is 13.1 Å². The molecule has 2 rings (SSSR count). The quantitative estimate of drug-likeness (QED) is 0.782. The molecule has 0 saturated carbocycles. The van der Waals surface area contributed by atoms with Gasteiger partial charge >= 0.3 is 0 Å². The van der Waals surface area contributed by atoms with Crippen LogP contribution in [0.5, 0.6) is 0 Å². The van der Waals surface area contributed by atoms with E-state index in [0.717, 1.165) is 32.4 Å². The summed E-state index contributed by atoms with van der Waals surface area (Å²) < 4.78 is 1.57. The van der Waals surface area contributed by atoms with E-state index in [9.17, 15) is 4.79 Å². The zero-order valence-electron chi connectivity index (χ0n) is 10.1. The van der Waals surface area contributed by atoms with Crippen LogP contribution in [0.4, 0.5) is 0 Å². The molecule has 2 N–H and O–H groups in total. The van der Waals surface area contributed by atoms with Crippen molar-refractivity contribution in [3.8, 4) is 0 Å². The Morgan fingerprint density at radius 3 is 3.18 bits per heavy atom. The molecule has 0 spiro atoms. The van der Waals surface area contributed by atoms with Crippen LogP contribution in [0.2, 0.25) is 0 Å². The van der Waals surface area contributed by atoms with E-state index < -0.39 is 0 Å². The first-order valence-electron chi connectivity index (χ1n) is 6.12. The molecule has 1 aliphatic rings. The first-order valence-corrected chi connectivity index (χ1v) is 6.12. The van der Waals surface area contributed by atoms with Gasteiger partial charge in [0.2, 0.25) is 5.91 Å². The topological polar surface area (TPSA) is 71.8 Å². The Kier molecular flexibility index (Phi) is 4.08. The Bertz CT molecular complexity index is 343. The largest absolute Gasteiger partial charge is 0.351 e. The Labute approximate surface area is 101 Å². The Morgan fingerprint density at radius 1 is 1.53 bits per heavy atom. The van der Waals surface area contributed by atoms with Crippen LogP contribution in [0.3, 0.4) is 0 Å². The minimum Gasteiger partial charge on any atom is -0.351 e. The average molecular weight is 237 g/mol. The Balaban J connectivity index is 1.87. The summed E-state index contributed by atoms with van der Waals surface area (Å²) in [6.07, 6.45) is 6.17. The smallest absolute Gasteiger partial charge is 0.244 e. The van der Waals surface area contributed by atoms with Crippen molar-refractivity contribution >= 4 is 5.91 Å². The van der Waals surface area contributed by atoms with Gasteiger partial charge in [0.1, 0.15) is 18.7 Å². The lowest BCUT2D eigenvalue weighted by atomic mass is 10.1. The van der Waals surface area contributed by atoms with Crippen molar-refractivity contribution in [1.29, 1.82) is 0 Å². The van der Waals surface area contributed by atoms with Gasteiger partial charge in [0.15, 0.2) is 0 Å². The fraction of sp³-hybridized carbons (Fsp3) is 0.727. The molecule has 1 aromatic heterocycles. The molecule has 1 amide bonds. The van der Waals surface area contributed by atoms with Crippen molar-refractivity contribution < 1.29 is 4.79 Å². The fourth-order valence-corrected chi connectivity index (χ4v) is 2.02. The van der Waals surface area contributed by atoms with Gasteiger partial charge < -0.3 is 10.6 Å². The van der Waals surface area contributed by atoms with Gasteiger partial charge in [-0.15, -0.1) is 0 Å². The third-order valence-electron chi connectivity index (χ3n) is 3.13. The molecule has 6 nitrogen and oxygen atoms in total. The second-order valence-corrected chi connectivity index (χ2v) is 4.44. The van der Waals surface area contributed by atoms with Crippen LogP contribution in [0, 0.1) is 0 Å². The van der Waals surface area contributed by atoms with Gasteiger partial charge in [-0.1, -0.05) is 0 Å². The van der Waals surface area contributed by atoms with Gasteiger partial charge in [0.25, 0.3) is 0 Å². The predicted octanol–water partition coefficient (Wildman–Crippen LogP) is 0.0974. The summed E-state index contributed by atoms with van der Waals surface area (Å²) in [5.74, 6) is 0.0161. The van der Waals surface area contributed by atoms with Crippen LogP contribution in [0.15, 0.2) is 12.7 Å². The first kappa shape index (κ1) is 12.0. The van der Waals surface area contributed by atoms with Crippen molar-refractivity contribution in [1.82, 2.24) is 25.4 Å². The highest BCUT2D eigenvalue weighted by Gasteiger charge is 2.20. The van der Waals surface area contributed by atoms with Crippen molar-refractivity contribution in [3.63, 3.8) is 0 Å². The standard InChI is InChI=1S/C11H19N5O/c1-9(16-8-13-7-14-16)11(17)15-10-3-2-5-12-6-4-10/h7-10,12H,2-6H2,1H3,(H,15,17). The van der Waals surface area contributed by atoms with Gasteiger partial charge in [0.05, 0.1) is 0 Å². The molecular weight excluding hydrogens is 218 g/mol. The summed E-state index contributed by atoms with van der Waals surface area (Å²) >= 11 is 0. The SMILES string of the molecule is CC(C(=O)NC1CCCNCC1)n1cncn1. The second kappa shape index (κ2) is 5.77. The number of nitrogens with one attached hydrogen (secondary N) is 2. The number of rotatable bonds is 3. The van der Waals surface area contributed by atoms with E-state index in [4.69, 9.17) is 0 Å². The zero-order chi connectivity index (χ0) is 12.1. The van der Waals surface area contributed by atoms with E-state index in [1.807, 2.05) is 6.92 Å². The van der Waals surface area contributed by atoms with Gasteiger partial charge in [-0.3, -0.25) is 4.79 Å². The molecule has 1 fully saturated rings. The van der Waals surface area contributed by atoms with Crippen molar-refractivity contribution in [2.24, 2.45) is 0 Å². The minimum absolute atomic E-state index is 0.0161. The molecule has 1 saturated heterocycles. The van der Waals surface area contributed by atoms with E-state index >= 15 is 0 Å². The molecule has 94 valence electrons. The minimum atomic E-state index is -0.297. The highest BCUT2D eigenvalue weighted by molar-refractivity contribution is 5.80. The van der Waals surface area contributed by atoms with E-state index in [1.54, 1.807) is 11.0 Å². The number of amides is 1. The summed E-state index contributed by atoms with van der Waals surface area (Å²) in [5.41, 5.74) is 0. The van der Waals surface area contributed by atoms with Crippen molar-refractivity contribution in [3.05, 3.63) is 12.7 Å². The molecule has 2 atom stereocenters. The summed E-state index contributed by atoms with van der Waals surface area (Å²) in [4.78, 5) is 15.9. The predicted molar refractivity (Wildman–Crippen MR) is 63.4 cm³/mol. The molecule has 0 radical (unpaired) electrons. The van der Waals surface area contributed by atoms with Crippen LogP contribution in [0.25, 0.3) is 0 Å². The van der Waals surface area contributed by atoms with Crippen LogP contribution in [0.1, 0.15) is 32.2 Å². The van der Waals surface area contributed by atoms with Crippen molar-refractivity contribution in [2.45, 2.75) is 38.3 Å². The summed E-state index contributed by atoms with van der Waals surface area (Å²) in [6.45, 7) is 3.85. The first-order chi connectivity index (χ1) is 8.27. The lowest BCUT2D eigenvalue weighted by Crippen LogP contribution is -2.39. The summed E-state index contributed by atoms with van der Waals surface area (Å²) in [7, 11) is 0. The van der Waals surface area contributed by atoms with E-state index in [0.29, 0.717) is 0 Å². The molecule has 6 heteroatoms. The molecule has 1 aromatic rings. The highest BCUT2D eigenvalue weighted by Crippen LogP contribution is 2.08. The molecule has 0 bridgehead atoms. The molecule has 1 aliphatic heterocycles. The van der Waals surface area contributed by atoms with Gasteiger partial charge in [-0.05, 0) is 39.3 Å². The average Bonchev–Trinajstić information content (AvgIpc) is 2.74. The maximum atomic E-state index is 12.0. The van der Waals surface area contributed by atoms with Crippen LogP contribution >= 0.6 is 0 Å². The number of nitrogens with zero attached hydrogens (tertiary/aromatic N) is 3. The zero-order valence-corrected chi connectivity index (χ0v) is 10.1. The van der Waals surface area contributed by atoms with Gasteiger partial charge in [0, 0.05) is 6.04 Å². The Hall–Kier alpha value is -1.43. The molecule has 0 aromatic carbocycles. The molecule has 0 aliphatic carbocycles. The van der Waals surface area contributed by atoms with E-state index in [-0.39, 0.29) is 18.0 Å². The monoisotopic (exact) mass is 237 g/mol. The number of aromatic nitrogens is 3. The normalized spacial score (nSPS) is 22.8. The number of hydrogen-bond donors (Lipinski definition) is 2. The number of carbonyl (C=O) groups is 1. The van der Waals surface area contributed by atoms with Crippen LogP contribution in [-0.2, 0) is 4.79 Å². The summed E-state index contributed by atoms with van der Waals surface area (Å²) in [6, 6.07) is -0.0165. The Morgan fingerprint density at radius 2 is 2.41 bits per heavy atom. The van der Waals surface area contributed by atoms with Crippen LogP contribution < -0.4 is 10.6 Å². The van der Waals surface area contributed by atoms with E-state index in [1.165, 1.54) is 6.33 Å². The number of hydrogen-bond acceptors (Lipinski definition) is 4. The molecular formula is C11H19N5O. The van der Waals surface area contributed by atoms with Gasteiger partial charge in [-0.2, -0.15) is 5.10 Å². The fourth-order valence-electron chi connectivity index (χ4n) is 2.02. The maximum absolute atomic E-state index is 12.0. The summed E-state index contributed by atoms with van der Waals surface area (Å²) in [5, 5.41) is 10.4.